The van der Waals surface area contributed by atoms with Crippen LogP contribution in [0.25, 0.3) is 0 Å². The van der Waals surface area contributed by atoms with Crippen LogP contribution in [0.4, 0.5) is 4.39 Å². The van der Waals surface area contributed by atoms with Gasteiger partial charge in [-0.1, -0.05) is 6.07 Å². The van der Waals surface area contributed by atoms with E-state index in [0.717, 1.165) is 29.6 Å². The number of rotatable bonds is 4. The maximum absolute atomic E-state index is 13.4. The first-order chi connectivity index (χ1) is 11.3. The smallest absolute Gasteiger partial charge is 0.243 e. The largest absolute Gasteiger partial charge is 0.303 e. The summed E-state index contributed by atoms with van der Waals surface area (Å²) in [6.07, 6.45) is 0.612. The molecule has 0 unspecified atom stereocenters. The average molecular weight is 352 g/mol. The fourth-order valence-corrected chi connectivity index (χ4v) is 4.47. The number of aryl methyl sites for hydroxylation is 1. The molecule has 0 fully saturated rings. The first-order valence-electron chi connectivity index (χ1n) is 7.73. The molecule has 0 saturated carbocycles. The van der Waals surface area contributed by atoms with Crippen LogP contribution >= 0.6 is 0 Å². The Morgan fingerprint density at radius 3 is 2.75 bits per heavy atom. The molecule has 8 heteroatoms. The highest BCUT2D eigenvalue weighted by molar-refractivity contribution is 7.89. The molecule has 0 N–H and O–H groups in total. The molecule has 0 radical (unpaired) electrons. The number of hydrogen-bond donors (Lipinski definition) is 0. The third kappa shape index (κ3) is 3.09. The van der Waals surface area contributed by atoms with Crippen molar-refractivity contribution in [2.45, 2.75) is 24.4 Å². The minimum Gasteiger partial charge on any atom is -0.303 e. The molecule has 1 aliphatic rings. The van der Waals surface area contributed by atoms with E-state index in [9.17, 15) is 12.8 Å². The number of halogens is 1. The minimum atomic E-state index is -3.72. The Balaban J connectivity index is 1.91. The zero-order valence-corrected chi connectivity index (χ0v) is 14.8. The summed E-state index contributed by atoms with van der Waals surface area (Å²) in [4.78, 5) is 2.03. The number of aromatic nitrogens is 2. The number of sulfonamides is 1. The first kappa shape index (κ1) is 17.1. The predicted octanol–water partition coefficient (Wildman–Crippen LogP) is 1.37. The van der Waals surface area contributed by atoms with Crippen molar-refractivity contribution in [2.24, 2.45) is 7.05 Å². The van der Waals surface area contributed by atoms with E-state index in [2.05, 4.69) is 5.10 Å². The van der Waals surface area contributed by atoms with Gasteiger partial charge in [0.1, 0.15) is 5.82 Å². The Kier molecular flexibility index (Phi) is 4.46. The van der Waals surface area contributed by atoms with Gasteiger partial charge in [0.15, 0.2) is 0 Å². The van der Waals surface area contributed by atoms with Crippen molar-refractivity contribution in [1.29, 1.82) is 0 Å². The van der Waals surface area contributed by atoms with E-state index in [-0.39, 0.29) is 11.4 Å². The maximum atomic E-state index is 13.4. The molecule has 24 heavy (non-hydrogen) atoms. The third-order valence-corrected chi connectivity index (χ3v) is 6.04. The third-order valence-electron chi connectivity index (χ3n) is 4.20. The lowest BCUT2D eigenvalue weighted by molar-refractivity contribution is 0.376. The molecule has 2 heterocycles. The normalized spacial score (nSPS) is 15.7. The van der Waals surface area contributed by atoms with Crippen molar-refractivity contribution < 1.29 is 12.8 Å². The van der Waals surface area contributed by atoms with E-state index >= 15 is 0 Å². The van der Waals surface area contributed by atoms with Gasteiger partial charge in [0.05, 0.1) is 22.8 Å². The monoisotopic (exact) mass is 352 g/mol. The fourth-order valence-electron chi connectivity index (χ4n) is 3.04. The second kappa shape index (κ2) is 6.27. The van der Waals surface area contributed by atoms with Crippen LogP contribution in [-0.4, -0.2) is 48.0 Å². The molecule has 0 aliphatic carbocycles. The number of hydrogen-bond acceptors (Lipinski definition) is 4. The van der Waals surface area contributed by atoms with Crippen LogP contribution < -0.4 is 0 Å². The van der Waals surface area contributed by atoms with Gasteiger partial charge in [-0.25, -0.2) is 12.8 Å². The van der Waals surface area contributed by atoms with E-state index in [4.69, 9.17) is 0 Å². The lowest BCUT2D eigenvalue weighted by Gasteiger charge is -2.27. The van der Waals surface area contributed by atoms with Crippen LogP contribution in [0, 0.1) is 5.82 Å². The van der Waals surface area contributed by atoms with Gasteiger partial charge in [0.2, 0.25) is 10.0 Å². The average Bonchev–Trinajstić information content (AvgIpc) is 2.82. The van der Waals surface area contributed by atoms with E-state index in [1.165, 1.54) is 22.5 Å². The standard InChI is InChI=1S/C16H21FN4O2S/c1-19(2)10-15-14-7-8-21(11-16(14)20(3)18-15)24(22,23)13-6-4-5-12(17)9-13/h4-6,9H,7-8,10-11H2,1-3H3. The summed E-state index contributed by atoms with van der Waals surface area (Å²) < 4.78 is 42.1. The van der Waals surface area contributed by atoms with Gasteiger partial charge in [-0.3, -0.25) is 4.68 Å². The summed E-state index contributed by atoms with van der Waals surface area (Å²) in [5.41, 5.74) is 3.01. The van der Waals surface area contributed by atoms with Crippen molar-refractivity contribution in [2.75, 3.05) is 20.6 Å². The molecule has 0 saturated heterocycles. The van der Waals surface area contributed by atoms with Gasteiger partial charge >= 0.3 is 0 Å². The van der Waals surface area contributed by atoms with Gasteiger partial charge in [-0.15, -0.1) is 0 Å². The van der Waals surface area contributed by atoms with Crippen molar-refractivity contribution in [3.63, 3.8) is 0 Å². The van der Waals surface area contributed by atoms with Crippen molar-refractivity contribution in [3.05, 3.63) is 47.0 Å². The van der Waals surface area contributed by atoms with Crippen LogP contribution in [-0.2, 0) is 36.6 Å². The van der Waals surface area contributed by atoms with Gasteiger partial charge in [-0.2, -0.15) is 9.40 Å². The maximum Gasteiger partial charge on any atom is 0.243 e. The van der Waals surface area contributed by atoms with Gasteiger partial charge in [-0.05, 0) is 38.7 Å². The summed E-state index contributed by atoms with van der Waals surface area (Å²) in [6.45, 7) is 1.35. The molecule has 3 rings (SSSR count). The van der Waals surface area contributed by atoms with Gasteiger partial charge in [0, 0.05) is 25.7 Å². The lowest BCUT2D eigenvalue weighted by Crippen LogP contribution is -2.36. The van der Waals surface area contributed by atoms with Crippen molar-refractivity contribution >= 4 is 10.0 Å². The van der Waals surface area contributed by atoms with Crippen LogP contribution in [0.2, 0.25) is 0 Å². The summed E-state index contributed by atoms with van der Waals surface area (Å²) in [6, 6.07) is 5.14. The Hall–Kier alpha value is -1.77. The summed E-state index contributed by atoms with van der Waals surface area (Å²) in [5, 5.41) is 4.53. The SMILES string of the molecule is CN(C)Cc1nn(C)c2c1CCN(S(=O)(=O)c1cccc(F)c1)C2. The number of benzene rings is 1. The summed E-state index contributed by atoms with van der Waals surface area (Å²) in [7, 11) is 2.07. The molecular weight excluding hydrogens is 331 g/mol. The van der Waals surface area contributed by atoms with E-state index < -0.39 is 15.8 Å². The zero-order chi connectivity index (χ0) is 17.5. The van der Waals surface area contributed by atoms with Crippen LogP contribution in [0.5, 0.6) is 0 Å². The molecule has 130 valence electrons. The van der Waals surface area contributed by atoms with Crippen LogP contribution in [0.15, 0.2) is 29.2 Å². The topological polar surface area (TPSA) is 58.4 Å². The molecule has 1 aliphatic heterocycles. The molecule has 0 amide bonds. The number of fused-ring (bicyclic) bond motifs is 1. The lowest BCUT2D eigenvalue weighted by atomic mass is 10.1. The fraction of sp³-hybridized carbons (Fsp3) is 0.438. The zero-order valence-electron chi connectivity index (χ0n) is 14.0. The van der Waals surface area contributed by atoms with E-state index in [1.807, 2.05) is 26.0 Å². The Morgan fingerprint density at radius 2 is 2.08 bits per heavy atom. The van der Waals surface area contributed by atoms with Crippen LogP contribution in [0.3, 0.4) is 0 Å². The second-order valence-corrected chi connectivity index (χ2v) is 8.22. The first-order valence-corrected chi connectivity index (χ1v) is 9.17. The molecule has 6 nitrogen and oxygen atoms in total. The van der Waals surface area contributed by atoms with Crippen molar-refractivity contribution in [3.8, 4) is 0 Å². The molecular formula is C16H21FN4O2S. The highest BCUT2D eigenvalue weighted by atomic mass is 32.2. The van der Waals surface area contributed by atoms with E-state index in [1.54, 1.807) is 4.68 Å². The molecule has 2 aromatic rings. The number of nitrogens with zero attached hydrogens (tertiary/aromatic N) is 4. The predicted molar refractivity (Wildman–Crippen MR) is 88.3 cm³/mol. The molecule has 0 atom stereocenters. The molecule has 0 spiro atoms. The van der Waals surface area contributed by atoms with Gasteiger partial charge in [0.25, 0.3) is 0 Å². The van der Waals surface area contributed by atoms with Gasteiger partial charge < -0.3 is 4.90 Å². The second-order valence-electron chi connectivity index (χ2n) is 6.28. The molecule has 1 aromatic carbocycles. The highest BCUT2D eigenvalue weighted by Gasteiger charge is 2.32. The molecule has 1 aromatic heterocycles. The Bertz CT molecular complexity index is 861. The summed E-state index contributed by atoms with van der Waals surface area (Å²) >= 11 is 0. The summed E-state index contributed by atoms with van der Waals surface area (Å²) in [5.74, 6) is -0.553. The quantitative estimate of drug-likeness (QED) is 0.834. The minimum absolute atomic E-state index is 0.0124. The van der Waals surface area contributed by atoms with Crippen molar-refractivity contribution in [1.82, 2.24) is 19.0 Å². The Labute approximate surface area is 141 Å². The van der Waals surface area contributed by atoms with E-state index in [0.29, 0.717) is 13.0 Å². The van der Waals surface area contributed by atoms with Crippen LogP contribution in [0.1, 0.15) is 17.0 Å². The Morgan fingerprint density at radius 1 is 1.33 bits per heavy atom. The highest BCUT2D eigenvalue weighted by Crippen LogP contribution is 2.27. The molecule has 0 bridgehead atoms.